The highest BCUT2D eigenvalue weighted by molar-refractivity contribution is 7.47. The fourth-order valence-corrected chi connectivity index (χ4v) is 13.6. The molecule has 0 spiro atoms. The van der Waals surface area contributed by atoms with Crippen LogP contribution in [0.5, 0.6) is 0 Å². The van der Waals surface area contributed by atoms with Crippen LogP contribution in [0.1, 0.15) is 408 Å². The predicted octanol–water partition coefficient (Wildman–Crippen LogP) is 23.1. The van der Waals surface area contributed by atoms with Crippen LogP contribution in [0.3, 0.4) is 0 Å². The minimum absolute atomic E-state index is 0.108. The first-order valence-corrected chi connectivity index (χ1v) is 43.5. The number of hydrogen-bond donors (Lipinski definition) is 3. The molecule has 0 saturated heterocycles. The van der Waals surface area contributed by atoms with Gasteiger partial charge in [0.1, 0.15) is 19.3 Å². The van der Waals surface area contributed by atoms with Gasteiger partial charge in [-0.15, -0.1) is 0 Å². The van der Waals surface area contributed by atoms with Crippen LogP contribution in [-0.2, 0) is 65.4 Å². The Morgan fingerprint density at radius 2 is 0.526 bits per heavy atom. The molecule has 0 aromatic rings. The monoisotopic (exact) mass is 1420 g/mol. The number of ether oxygens (including phenoxy) is 4. The van der Waals surface area contributed by atoms with Gasteiger partial charge < -0.3 is 33.8 Å². The van der Waals surface area contributed by atoms with E-state index in [1.54, 1.807) is 0 Å². The van der Waals surface area contributed by atoms with Crippen molar-refractivity contribution < 1.29 is 80.2 Å². The number of phosphoric ester groups is 2. The number of aliphatic hydroxyl groups is 1. The fraction of sp³-hybridized carbons (Fsp3) is 0.949. The summed E-state index contributed by atoms with van der Waals surface area (Å²) < 4.78 is 68.5. The Bertz CT molecular complexity index is 1870. The number of hydrogen-bond acceptors (Lipinski definition) is 15. The molecule has 6 atom stereocenters. The summed E-state index contributed by atoms with van der Waals surface area (Å²) in [5, 5.41) is 10.6. The molecule has 0 fully saturated rings. The van der Waals surface area contributed by atoms with Crippen LogP contribution in [0.2, 0.25) is 0 Å². The van der Waals surface area contributed by atoms with Crippen LogP contribution >= 0.6 is 15.6 Å². The highest BCUT2D eigenvalue weighted by atomic mass is 31.2. The van der Waals surface area contributed by atoms with Gasteiger partial charge in [-0.05, 0) is 37.5 Å². The average molecular weight is 1420 g/mol. The molecule has 0 saturated carbocycles. The molecule has 97 heavy (non-hydrogen) atoms. The third-order valence-corrected chi connectivity index (χ3v) is 20.5. The van der Waals surface area contributed by atoms with E-state index < -0.39 is 97.5 Å². The Labute approximate surface area is 594 Å². The van der Waals surface area contributed by atoms with Crippen molar-refractivity contribution in [2.45, 2.75) is 426 Å². The van der Waals surface area contributed by atoms with E-state index in [2.05, 4.69) is 41.5 Å². The Kier molecular flexibility index (Phi) is 68.4. The molecule has 3 unspecified atom stereocenters. The second-order valence-electron chi connectivity index (χ2n) is 28.8. The number of phosphoric acid groups is 2. The maximum Gasteiger partial charge on any atom is 0.472 e. The van der Waals surface area contributed by atoms with Crippen molar-refractivity contribution in [2.24, 2.45) is 11.8 Å². The van der Waals surface area contributed by atoms with E-state index >= 15 is 0 Å². The van der Waals surface area contributed by atoms with E-state index in [4.69, 9.17) is 37.0 Å². The topological polar surface area (TPSA) is 237 Å². The van der Waals surface area contributed by atoms with E-state index in [0.717, 1.165) is 115 Å². The van der Waals surface area contributed by atoms with Gasteiger partial charge in [0.15, 0.2) is 12.2 Å². The summed E-state index contributed by atoms with van der Waals surface area (Å²) >= 11 is 0. The molecule has 3 N–H and O–H groups in total. The molecule has 0 amide bonds. The lowest BCUT2D eigenvalue weighted by molar-refractivity contribution is -0.161. The van der Waals surface area contributed by atoms with Gasteiger partial charge in [0.2, 0.25) is 0 Å². The van der Waals surface area contributed by atoms with Crippen molar-refractivity contribution in [2.75, 3.05) is 39.6 Å². The van der Waals surface area contributed by atoms with Gasteiger partial charge in [0.05, 0.1) is 26.4 Å². The van der Waals surface area contributed by atoms with Crippen LogP contribution in [0.4, 0.5) is 0 Å². The predicted molar refractivity (Wildman–Crippen MR) is 395 cm³/mol. The van der Waals surface area contributed by atoms with E-state index in [0.29, 0.717) is 25.7 Å². The maximum absolute atomic E-state index is 13.1. The Hall–Kier alpha value is -1.94. The lowest BCUT2D eigenvalue weighted by Gasteiger charge is -2.21. The fourth-order valence-electron chi connectivity index (χ4n) is 12.0. The quantitative estimate of drug-likeness (QED) is 0.0222. The lowest BCUT2D eigenvalue weighted by Crippen LogP contribution is -2.30. The average Bonchev–Trinajstić information content (AvgIpc) is 1.33. The van der Waals surface area contributed by atoms with E-state index in [1.165, 1.54) is 212 Å². The molecule has 576 valence electrons. The molecule has 0 heterocycles. The zero-order valence-electron chi connectivity index (χ0n) is 63.4. The first kappa shape index (κ1) is 95.1. The summed E-state index contributed by atoms with van der Waals surface area (Å²) in [4.78, 5) is 72.8. The summed E-state index contributed by atoms with van der Waals surface area (Å²) in [5.41, 5.74) is 0. The van der Waals surface area contributed by atoms with Gasteiger partial charge in [0.25, 0.3) is 0 Å². The summed E-state index contributed by atoms with van der Waals surface area (Å²) in [7, 11) is -9.91. The van der Waals surface area contributed by atoms with Crippen molar-refractivity contribution >= 4 is 39.5 Å². The van der Waals surface area contributed by atoms with Crippen molar-refractivity contribution in [3.8, 4) is 0 Å². The SMILES string of the molecule is CCCCCCCCCCCCCCCCCCC(=O)O[C@H](COC(=O)CCCCCCCCC)COP(=O)(O)OC[C@H](O)COP(=O)(O)OC[C@@H](COC(=O)CCCCCCCCCCCCCCCC(C)C)OC(=O)CCCCCCCCCCCCCCCCC(C)CC. The lowest BCUT2D eigenvalue weighted by atomic mass is 9.99. The number of esters is 4. The van der Waals surface area contributed by atoms with Gasteiger partial charge >= 0.3 is 39.5 Å². The number of carbonyl (C=O) groups is 4. The minimum atomic E-state index is -4.96. The number of unbranched alkanes of at least 4 members (excludes halogenated alkanes) is 46. The molecule has 0 aliphatic carbocycles. The molecule has 0 aromatic carbocycles. The van der Waals surface area contributed by atoms with Crippen molar-refractivity contribution in [1.82, 2.24) is 0 Å². The molecule has 0 radical (unpaired) electrons. The van der Waals surface area contributed by atoms with Gasteiger partial charge in [-0.25, -0.2) is 9.13 Å². The minimum Gasteiger partial charge on any atom is -0.462 e. The van der Waals surface area contributed by atoms with Crippen LogP contribution in [0.25, 0.3) is 0 Å². The summed E-state index contributed by atoms with van der Waals surface area (Å²) in [5.74, 6) is -0.479. The number of carbonyl (C=O) groups excluding carboxylic acids is 4. The van der Waals surface area contributed by atoms with Crippen LogP contribution < -0.4 is 0 Å². The van der Waals surface area contributed by atoms with Crippen LogP contribution in [0.15, 0.2) is 0 Å². The molecule has 0 aliphatic heterocycles. The standard InChI is InChI=1S/C78H152O17P2/c1-7-10-12-14-16-17-18-19-20-21-27-33-38-44-50-56-62-77(82)94-73(66-88-75(80)60-54-48-40-15-13-11-8-2)68-92-96(84,85)90-64-72(79)65-91-97(86,87)93-69-74(67-89-76(81)61-55-49-43-37-32-29-24-25-30-35-41-46-52-58-70(4)5)95-78(83)63-57-51-45-39-34-28-23-22-26-31-36-42-47-53-59-71(6)9-3/h70-74,79H,7-69H2,1-6H3,(H,84,85)(H,86,87)/t71?,72-,73+,74+/m0/s1. The van der Waals surface area contributed by atoms with Crippen molar-refractivity contribution in [1.29, 1.82) is 0 Å². The Morgan fingerprint density at radius 3 is 0.784 bits per heavy atom. The molecule has 19 heteroatoms. The van der Waals surface area contributed by atoms with Crippen LogP contribution in [-0.4, -0.2) is 96.7 Å². The molecule has 0 aliphatic rings. The molecular weight excluding hydrogens is 1270 g/mol. The molecule has 0 bridgehead atoms. The normalized spacial score (nSPS) is 14.2. The first-order valence-electron chi connectivity index (χ1n) is 40.5. The Morgan fingerprint density at radius 1 is 0.299 bits per heavy atom. The maximum atomic E-state index is 13.1. The summed E-state index contributed by atoms with van der Waals surface area (Å²) in [6.07, 6.45) is 58.3. The van der Waals surface area contributed by atoms with Crippen LogP contribution in [0, 0.1) is 11.8 Å². The first-order chi connectivity index (χ1) is 46.9. The zero-order valence-corrected chi connectivity index (χ0v) is 65.2. The Balaban J connectivity index is 5.19. The van der Waals surface area contributed by atoms with Gasteiger partial charge in [-0.1, -0.05) is 356 Å². The van der Waals surface area contributed by atoms with Gasteiger partial charge in [-0.3, -0.25) is 37.3 Å². The van der Waals surface area contributed by atoms with Gasteiger partial charge in [-0.2, -0.15) is 0 Å². The zero-order chi connectivity index (χ0) is 71.4. The smallest absolute Gasteiger partial charge is 0.462 e. The largest absolute Gasteiger partial charge is 0.472 e. The van der Waals surface area contributed by atoms with Crippen molar-refractivity contribution in [3.63, 3.8) is 0 Å². The van der Waals surface area contributed by atoms with Gasteiger partial charge in [0, 0.05) is 25.7 Å². The number of rotatable bonds is 77. The van der Waals surface area contributed by atoms with E-state index in [-0.39, 0.29) is 25.7 Å². The molecule has 17 nitrogen and oxygen atoms in total. The second-order valence-corrected chi connectivity index (χ2v) is 31.7. The van der Waals surface area contributed by atoms with E-state index in [9.17, 15) is 43.2 Å². The third-order valence-electron chi connectivity index (χ3n) is 18.6. The summed E-state index contributed by atoms with van der Waals surface area (Å²) in [6.45, 7) is 9.65. The highest BCUT2D eigenvalue weighted by Crippen LogP contribution is 2.45. The number of aliphatic hydroxyl groups excluding tert-OH is 1. The third kappa shape index (κ3) is 70.9. The summed E-state index contributed by atoms with van der Waals surface area (Å²) in [6, 6.07) is 0. The van der Waals surface area contributed by atoms with Crippen molar-refractivity contribution in [3.05, 3.63) is 0 Å². The molecule has 0 aromatic heterocycles. The second kappa shape index (κ2) is 69.8. The molecule has 0 rings (SSSR count). The highest BCUT2D eigenvalue weighted by Gasteiger charge is 2.30. The molecular formula is C78H152O17P2. The van der Waals surface area contributed by atoms with E-state index in [1.807, 2.05) is 0 Å².